The van der Waals surface area contributed by atoms with Crippen LogP contribution in [-0.4, -0.2) is 10.2 Å². The Morgan fingerprint density at radius 3 is 1.64 bits per heavy atom. The van der Waals surface area contributed by atoms with Crippen LogP contribution in [0, 0.1) is 0 Å². The van der Waals surface area contributed by atoms with Crippen molar-refractivity contribution in [2.45, 2.75) is 25.7 Å². The third kappa shape index (κ3) is 3.57. The van der Waals surface area contributed by atoms with Crippen molar-refractivity contribution < 1.29 is 29.7 Å². The minimum absolute atomic E-state index is 0. The Kier molecular flexibility index (Phi) is 5.22. The minimum Gasteiger partial charge on any atom is -0.509 e. The van der Waals surface area contributed by atoms with Gasteiger partial charge in [-0.05, 0) is 12.8 Å². The van der Waals surface area contributed by atoms with Gasteiger partial charge in [-0.25, -0.2) is 0 Å². The van der Waals surface area contributed by atoms with Crippen molar-refractivity contribution in [3.63, 3.8) is 0 Å². The summed E-state index contributed by atoms with van der Waals surface area (Å²) >= 11 is 0. The Labute approximate surface area is 79.4 Å². The van der Waals surface area contributed by atoms with E-state index in [2.05, 4.69) is 0 Å². The van der Waals surface area contributed by atoms with Gasteiger partial charge in [0, 0.05) is 12.8 Å². The Morgan fingerprint density at radius 2 is 1.27 bits per heavy atom. The molecule has 0 bridgehead atoms. The molecule has 64 valence electrons. The van der Waals surface area contributed by atoms with Crippen molar-refractivity contribution in [2.75, 3.05) is 0 Å². The molecule has 3 heteroatoms. The summed E-state index contributed by atoms with van der Waals surface area (Å²) in [7, 11) is 0. The van der Waals surface area contributed by atoms with E-state index in [4.69, 9.17) is 10.2 Å². The first-order valence-electron chi connectivity index (χ1n) is 3.55. The standard InChI is InChI=1S/C8H12O2.Rh/c9-7-5-3-1-2-4-6-8(7)10;/h1-2,9-10H,3-6H2;/q;+1. The second-order valence-corrected chi connectivity index (χ2v) is 2.44. The summed E-state index contributed by atoms with van der Waals surface area (Å²) in [5, 5.41) is 18.2. The summed E-state index contributed by atoms with van der Waals surface area (Å²) in [5.74, 6) is 0.314. The molecule has 0 unspecified atom stereocenters. The van der Waals surface area contributed by atoms with E-state index in [0.717, 1.165) is 12.8 Å². The average Bonchev–Trinajstić information content (AvgIpc) is 1.92. The number of aliphatic hydroxyl groups excluding tert-OH is 2. The minimum atomic E-state index is 0. The molecule has 0 fully saturated rings. The number of hydrogen-bond donors (Lipinski definition) is 2. The first-order chi connectivity index (χ1) is 4.80. The van der Waals surface area contributed by atoms with Crippen LogP contribution in [0.5, 0.6) is 0 Å². The first kappa shape index (κ1) is 10.7. The normalized spacial score (nSPS) is 18.5. The fourth-order valence-electron chi connectivity index (χ4n) is 0.964. The summed E-state index contributed by atoms with van der Waals surface area (Å²) in [6, 6.07) is 0. The van der Waals surface area contributed by atoms with E-state index in [9.17, 15) is 0 Å². The largest absolute Gasteiger partial charge is 1.00 e. The van der Waals surface area contributed by atoms with Crippen LogP contribution in [-0.2, 0) is 19.5 Å². The molecule has 0 aromatic rings. The molecule has 0 atom stereocenters. The van der Waals surface area contributed by atoms with Crippen LogP contribution >= 0.6 is 0 Å². The van der Waals surface area contributed by atoms with Crippen LogP contribution in [0.15, 0.2) is 23.7 Å². The van der Waals surface area contributed by atoms with E-state index in [1.807, 2.05) is 12.2 Å². The summed E-state index contributed by atoms with van der Waals surface area (Å²) in [6.45, 7) is 0. The molecule has 2 N–H and O–H groups in total. The maximum Gasteiger partial charge on any atom is 1.00 e. The van der Waals surface area contributed by atoms with Gasteiger partial charge in [0.25, 0.3) is 0 Å². The number of allylic oxidation sites excluding steroid dienone is 4. The second kappa shape index (κ2) is 5.37. The number of hydrogen-bond acceptors (Lipinski definition) is 2. The van der Waals surface area contributed by atoms with Crippen molar-refractivity contribution in [1.82, 2.24) is 0 Å². The fourth-order valence-corrected chi connectivity index (χ4v) is 0.964. The molecule has 0 radical (unpaired) electrons. The van der Waals surface area contributed by atoms with Crippen molar-refractivity contribution in [3.05, 3.63) is 23.7 Å². The van der Waals surface area contributed by atoms with Crippen molar-refractivity contribution in [2.24, 2.45) is 0 Å². The predicted octanol–water partition coefficient (Wildman–Crippen LogP) is 2.44. The molecule has 0 aliphatic heterocycles. The van der Waals surface area contributed by atoms with E-state index < -0.39 is 0 Å². The monoisotopic (exact) mass is 243 g/mol. The molecule has 0 heterocycles. The molecule has 1 aliphatic rings. The molecule has 0 saturated carbocycles. The molecule has 0 aromatic heterocycles. The predicted molar refractivity (Wildman–Crippen MR) is 39.9 cm³/mol. The maximum absolute atomic E-state index is 9.08. The molecule has 1 aliphatic carbocycles. The van der Waals surface area contributed by atoms with E-state index in [-0.39, 0.29) is 31.0 Å². The number of rotatable bonds is 0. The number of aliphatic hydroxyl groups is 2. The molecule has 2 nitrogen and oxygen atoms in total. The quantitative estimate of drug-likeness (QED) is 0.506. The molecular formula is C8H12O2Rh+. The third-order valence-electron chi connectivity index (χ3n) is 1.60. The van der Waals surface area contributed by atoms with Crippen molar-refractivity contribution in [1.29, 1.82) is 0 Å². The topological polar surface area (TPSA) is 40.5 Å². The Balaban J connectivity index is 0.000001000. The molecular weight excluding hydrogens is 231 g/mol. The van der Waals surface area contributed by atoms with Gasteiger partial charge in [-0.1, -0.05) is 12.2 Å². The molecule has 11 heavy (non-hydrogen) atoms. The van der Waals surface area contributed by atoms with Crippen LogP contribution in [0.25, 0.3) is 0 Å². The second-order valence-electron chi connectivity index (χ2n) is 2.44. The van der Waals surface area contributed by atoms with Crippen LogP contribution in [0.1, 0.15) is 25.7 Å². The Morgan fingerprint density at radius 1 is 0.909 bits per heavy atom. The van der Waals surface area contributed by atoms with Crippen LogP contribution in [0.3, 0.4) is 0 Å². The van der Waals surface area contributed by atoms with Gasteiger partial charge in [-0.3, -0.25) is 0 Å². The van der Waals surface area contributed by atoms with Gasteiger partial charge in [0.15, 0.2) is 0 Å². The fraction of sp³-hybridized carbons (Fsp3) is 0.500. The van der Waals surface area contributed by atoms with Gasteiger partial charge < -0.3 is 10.2 Å². The van der Waals surface area contributed by atoms with E-state index in [0.29, 0.717) is 12.8 Å². The third-order valence-corrected chi connectivity index (χ3v) is 1.60. The summed E-state index contributed by atoms with van der Waals surface area (Å²) in [6.07, 6.45) is 6.86. The van der Waals surface area contributed by atoms with Gasteiger partial charge in [0.1, 0.15) is 11.5 Å². The van der Waals surface area contributed by atoms with Gasteiger partial charge >= 0.3 is 19.5 Å². The zero-order valence-corrected chi connectivity index (χ0v) is 7.85. The van der Waals surface area contributed by atoms with Crippen molar-refractivity contribution in [3.8, 4) is 0 Å². The van der Waals surface area contributed by atoms with E-state index in [1.165, 1.54) is 0 Å². The van der Waals surface area contributed by atoms with Gasteiger partial charge in [-0.15, -0.1) is 0 Å². The van der Waals surface area contributed by atoms with E-state index in [1.54, 1.807) is 0 Å². The smallest absolute Gasteiger partial charge is 0.509 e. The van der Waals surface area contributed by atoms with Crippen LogP contribution in [0.4, 0.5) is 0 Å². The molecule has 0 amide bonds. The van der Waals surface area contributed by atoms with Gasteiger partial charge in [-0.2, -0.15) is 0 Å². The van der Waals surface area contributed by atoms with Crippen LogP contribution in [0.2, 0.25) is 0 Å². The molecule has 0 spiro atoms. The molecule has 0 saturated heterocycles. The summed E-state index contributed by atoms with van der Waals surface area (Å²) < 4.78 is 0. The van der Waals surface area contributed by atoms with Gasteiger partial charge in [0.2, 0.25) is 0 Å². The Hall–Kier alpha value is -0.297. The summed E-state index contributed by atoms with van der Waals surface area (Å²) in [5.41, 5.74) is 0. The Bertz CT molecular complexity index is 155. The zero-order chi connectivity index (χ0) is 7.40. The summed E-state index contributed by atoms with van der Waals surface area (Å²) in [4.78, 5) is 0. The van der Waals surface area contributed by atoms with Gasteiger partial charge in [0.05, 0.1) is 0 Å². The molecule has 1 rings (SSSR count). The maximum atomic E-state index is 9.08. The SMILES string of the molecule is OC1=C(O)CCC=CCC1.[Rh+]. The van der Waals surface area contributed by atoms with E-state index >= 15 is 0 Å². The molecule has 0 aromatic carbocycles. The van der Waals surface area contributed by atoms with Crippen LogP contribution < -0.4 is 0 Å². The first-order valence-corrected chi connectivity index (χ1v) is 3.55. The zero-order valence-electron chi connectivity index (χ0n) is 6.21. The average molecular weight is 243 g/mol. The van der Waals surface area contributed by atoms with Crippen molar-refractivity contribution >= 4 is 0 Å².